The van der Waals surface area contributed by atoms with E-state index in [4.69, 9.17) is 0 Å². The molecule has 2 rings (SSSR count). The Balaban J connectivity index is 1.54. The average Bonchev–Trinajstić information content (AvgIpc) is 2.68. The lowest BCUT2D eigenvalue weighted by Gasteiger charge is -2.06. The molecule has 0 aliphatic heterocycles. The lowest BCUT2D eigenvalue weighted by Crippen LogP contribution is -2.17. The Bertz CT molecular complexity index is 818. The summed E-state index contributed by atoms with van der Waals surface area (Å²) in [4.78, 5) is 23.6. The van der Waals surface area contributed by atoms with Crippen LogP contribution in [-0.2, 0) is 9.59 Å². The zero-order valence-electron chi connectivity index (χ0n) is 16.1. The molecule has 28 heavy (non-hydrogen) atoms. The monoisotopic (exact) mass is 381 g/mol. The zero-order valence-corrected chi connectivity index (χ0v) is 16.1. The molecule has 0 atom stereocenters. The van der Waals surface area contributed by atoms with Crippen LogP contribution in [0.1, 0.15) is 49.7 Å². The van der Waals surface area contributed by atoms with Crippen LogP contribution < -0.4 is 10.7 Å². The number of aromatic hydroxyl groups is 1. The van der Waals surface area contributed by atoms with Gasteiger partial charge in [0.15, 0.2) is 0 Å². The Labute approximate surface area is 165 Å². The Morgan fingerprint density at radius 3 is 2.29 bits per heavy atom. The molecule has 2 aromatic rings. The minimum Gasteiger partial charge on any atom is -0.506 e. The summed E-state index contributed by atoms with van der Waals surface area (Å²) in [5.74, 6) is -0.168. The number of phenols is 1. The molecular formula is C22H27N3O3. The predicted octanol–water partition coefficient (Wildman–Crippen LogP) is 4.13. The molecule has 0 spiro atoms. The van der Waals surface area contributed by atoms with E-state index in [1.54, 1.807) is 24.4 Å². The first-order chi connectivity index (χ1) is 13.6. The predicted molar refractivity (Wildman–Crippen MR) is 111 cm³/mol. The van der Waals surface area contributed by atoms with Gasteiger partial charge in [-0.1, -0.05) is 49.2 Å². The van der Waals surface area contributed by atoms with E-state index in [-0.39, 0.29) is 17.6 Å². The average molecular weight is 381 g/mol. The highest BCUT2D eigenvalue weighted by Gasteiger charge is 2.06. The van der Waals surface area contributed by atoms with Crippen LogP contribution in [-0.4, -0.2) is 23.1 Å². The van der Waals surface area contributed by atoms with Gasteiger partial charge >= 0.3 is 0 Å². The van der Waals surface area contributed by atoms with Gasteiger partial charge in [-0.05, 0) is 43.0 Å². The van der Waals surface area contributed by atoms with Crippen LogP contribution in [0.5, 0.6) is 5.75 Å². The third kappa shape index (κ3) is 7.61. The molecular weight excluding hydrogens is 354 g/mol. The highest BCUT2D eigenvalue weighted by atomic mass is 16.3. The van der Waals surface area contributed by atoms with Crippen LogP contribution >= 0.6 is 0 Å². The number of phenolic OH excluding ortho intramolecular Hbond substituents is 1. The van der Waals surface area contributed by atoms with Gasteiger partial charge in [0, 0.05) is 12.8 Å². The third-order valence-electron chi connectivity index (χ3n) is 4.32. The van der Waals surface area contributed by atoms with Crippen LogP contribution in [0.2, 0.25) is 0 Å². The lowest BCUT2D eigenvalue weighted by atomic mass is 10.1. The summed E-state index contributed by atoms with van der Waals surface area (Å²) in [6, 6.07) is 14.5. The summed E-state index contributed by atoms with van der Waals surface area (Å²) in [5, 5.41) is 16.3. The number of carbonyl (C=O) groups is 2. The van der Waals surface area contributed by atoms with Crippen molar-refractivity contribution >= 4 is 23.7 Å². The highest BCUT2D eigenvalue weighted by molar-refractivity contribution is 5.92. The second-order valence-electron chi connectivity index (χ2n) is 6.63. The van der Waals surface area contributed by atoms with Crippen LogP contribution in [0.25, 0.3) is 0 Å². The van der Waals surface area contributed by atoms with Gasteiger partial charge in [0.1, 0.15) is 5.75 Å². The molecule has 0 aromatic heterocycles. The smallest absolute Gasteiger partial charge is 0.240 e. The number of rotatable bonds is 10. The fourth-order valence-corrected chi connectivity index (χ4v) is 2.68. The number of amides is 2. The largest absolute Gasteiger partial charge is 0.506 e. The van der Waals surface area contributed by atoms with Gasteiger partial charge in [-0.3, -0.25) is 9.59 Å². The number of benzene rings is 2. The topological polar surface area (TPSA) is 90.8 Å². The van der Waals surface area contributed by atoms with Crippen molar-refractivity contribution < 1.29 is 14.7 Å². The van der Waals surface area contributed by atoms with Crippen molar-refractivity contribution in [2.75, 3.05) is 5.32 Å². The second-order valence-corrected chi connectivity index (χ2v) is 6.63. The first-order valence-corrected chi connectivity index (χ1v) is 9.51. The van der Waals surface area contributed by atoms with Gasteiger partial charge in [-0.15, -0.1) is 0 Å². The molecule has 148 valence electrons. The van der Waals surface area contributed by atoms with E-state index in [2.05, 4.69) is 15.8 Å². The van der Waals surface area contributed by atoms with E-state index >= 15 is 0 Å². The minimum atomic E-state index is -0.121. The maximum absolute atomic E-state index is 11.9. The standard InChI is InChI=1S/C22H27N3O3/c1-17-10-6-7-11-18(17)16-23-25-22(28)15-5-3-2-4-14-21(27)24-19-12-8-9-13-20(19)26/h6-13,16,26H,2-5,14-15H2,1H3,(H,24,27)(H,25,28)/b23-16+. The summed E-state index contributed by atoms with van der Waals surface area (Å²) in [5.41, 5.74) is 5.05. The molecule has 0 aliphatic rings. The van der Waals surface area contributed by atoms with Gasteiger partial charge in [0.2, 0.25) is 11.8 Å². The third-order valence-corrected chi connectivity index (χ3v) is 4.32. The molecule has 3 N–H and O–H groups in total. The second kappa shape index (κ2) is 11.5. The van der Waals surface area contributed by atoms with Crippen molar-refractivity contribution in [3.63, 3.8) is 0 Å². The van der Waals surface area contributed by atoms with Gasteiger partial charge in [-0.2, -0.15) is 5.10 Å². The van der Waals surface area contributed by atoms with Crippen LogP contribution in [0.15, 0.2) is 53.6 Å². The molecule has 6 nitrogen and oxygen atoms in total. The molecule has 0 radical (unpaired) electrons. The SMILES string of the molecule is Cc1ccccc1/C=N/NC(=O)CCCCCCC(=O)Nc1ccccc1O. The first-order valence-electron chi connectivity index (χ1n) is 9.51. The summed E-state index contributed by atoms with van der Waals surface area (Å²) >= 11 is 0. The minimum absolute atomic E-state index is 0.0620. The normalized spacial score (nSPS) is 10.8. The summed E-state index contributed by atoms with van der Waals surface area (Å²) in [6.07, 6.45) is 5.69. The molecule has 2 aromatic carbocycles. The number of carbonyl (C=O) groups excluding carboxylic acids is 2. The molecule has 6 heteroatoms. The van der Waals surface area contributed by atoms with Crippen molar-refractivity contribution in [3.8, 4) is 5.75 Å². The maximum atomic E-state index is 11.9. The number of hydrogen-bond acceptors (Lipinski definition) is 4. The number of hydrogen-bond donors (Lipinski definition) is 3. The van der Waals surface area contributed by atoms with Crippen molar-refractivity contribution in [1.82, 2.24) is 5.43 Å². The molecule has 0 heterocycles. The van der Waals surface area contributed by atoms with Crippen molar-refractivity contribution in [3.05, 3.63) is 59.7 Å². The van der Waals surface area contributed by atoms with E-state index in [9.17, 15) is 14.7 Å². The fraction of sp³-hybridized carbons (Fsp3) is 0.318. The van der Waals surface area contributed by atoms with Crippen molar-refractivity contribution in [2.45, 2.75) is 45.4 Å². The molecule has 0 fully saturated rings. The number of nitrogens with one attached hydrogen (secondary N) is 2. The molecule has 0 unspecified atom stereocenters. The van der Waals surface area contributed by atoms with E-state index in [0.717, 1.165) is 36.8 Å². The Morgan fingerprint density at radius 2 is 1.57 bits per heavy atom. The number of aryl methyl sites for hydroxylation is 1. The number of unbranched alkanes of at least 4 members (excludes halogenated alkanes) is 3. The zero-order chi connectivity index (χ0) is 20.2. The van der Waals surface area contributed by atoms with Crippen LogP contribution in [0, 0.1) is 6.92 Å². The quantitative estimate of drug-likeness (QED) is 0.250. The summed E-state index contributed by atoms with van der Waals surface area (Å²) in [6.45, 7) is 1.99. The fourth-order valence-electron chi connectivity index (χ4n) is 2.68. The van der Waals surface area contributed by atoms with Gasteiger partial charge in [-0.25, -0.2) is 5.43 Å². The van der Waals surface area contributed by atoms with Crippen molar-refractivity contribution in [2.24, 2.45) is 5.10 Å². The van der Waals surface area contributed by atoms with Gasteiger partial charge in [0.05, 0.1) is 11.9 Å². The molecule has 0 aliphatic carbocycles. The van der Waals surface area contributed by atoms with E-state index in [1.807, 2.05) is 31.2 Å². The number of nitrogens with zero attached hydrogens (tertiary/aromatic N) is 1. The van der Waals surface area contributed by atoms with Crippen LogP contribution in [0.4, 0.5) is 5.69 Å². The summed E-state index contributed by atoms with van der Waals surface area (Å²) in [7, 11) is 0. The maximum Gasteiger partial charge on any atom is 0.240 e. The first kappa shape index (κ1) is 21.2. The van der Waals surface area contributed by atoms with Crippen molar-refractivity contribution in [1.29, 1.82) is 0 Å². The Kier molecular flexibility index (Phi) is 8.72. The highest BCUT2D eigenvalue weighted by Crippen LogP contribution is 2.21. The van der Waals surface area contributed by atoms with Gasteiger partial charge < -0.3 is 10.4 Å². The van der Waals surface area contributed by atoms with E-state index in [0.29, 0.717) is 18.5 Å². The lowest BCUT2D eigenvalue weighted by molar-refractivity contribution is -0.121. The number of anilines is 1. The van der Waals surface area contributed by atoms with Gasteiger partial charge in [0.25, 0.3) is 0 Å². The molecule has 0 saturated heterocycles. The summed E-state index contributed by atoms with van der Waals surface area (Å²) < 4.78 is 0. The van der Waals surface area contributed by atoms with Crippen LogP contribution in [0.3, 0.4) is 0 Å². The molecule has 0 saturated carbocycles. The molecule has 2 amide bonds. The van der Waals surface area contributed by atoms with E-state index in [1.165, 1.54) is 6.07 Å². The number of hydrazone groups is 1. The Hall–Kier alpha value is -3.15. The number of para-hydroxylation sites is 2. The van der Waals surface area contributed by atoms with E-state index < -0.39 is 0 Å². The Morgan fingerprint density at radius 1 is 0.929 bits per heavy atom. The molecule has 0 bridgehead atoms.